The molecule has 0 saturated heterocycles. The van der Waals surface area contributed by atoms with Crippen LogP contribution in [0, 0.1) is 5.92 Å². The summed E-state index contributed by atoms with van der Waals surface area (Å²) in [5.41, 5.74) is 0.531. The maximum Gasteiger partial charge on any atom is 0.252 e. The molecule has 1 N–H and O–H groups in total. The van der Waals surface area contributed by atoms with Crippen molar-refractivity contribution in [3.05, 3.63) is 24.0 Å². The van der Waals surface area contributed by atoms with Gasteiger partial charge in [0, 0.05) is 12.4 Å². The molecule has 0 radical (unpaired) electrons. The molecule has 1 unspecified atom stereocenters. The zero-order valence-corrected chi connectivity index (χ0v) is 9.37. The summed E-state index contributed by atoms with van der Waals surface area (Å²) < 4.78 is 0. The van der Waals surface area contributed by atoms with Gasteiger partial charge in [-0.1, -0.05) is 6.92 Å². The molecule has 4 nitrogen and oxygen atoms in total. The number of amides is 1. The van der Waals surface area contributed by atoms with Crippen LogP contribution in [0.2, 0.25) is 0 Å². The Morgan fingerprint density at radius 1 is 1.60 bits per heavy atom. The third-order valence-corrected chi connectivity index (χ3v) is 2.28. The molecule has 0 aliphatic carbocycles. The Kier molecular flexibility index (Phi) is 5.04. The van der Waals surface area contributed by atoms with Crippen LogP contribution >= 0.6 is 11.6 Å². The zero-order chi connectivity index (χ0) is 11.1. The number of rotatable bonds is 5. The van der Waals surface area contributed by atoms with Gasteiger partial charge < -0.3 is 5.32 Å². The molecule has 0 aliphatic heterocycles. The Morgan fingerprint density at radius 2 is 2.40 bits per heavy atom. The second-order valence-electron chi connectivity index (χ2n) is 3.42. The average Bonchev–Trinajstić information content (AvgIpc) is 2.27. The van der Waals surface area contributed by atoms with Gasteiger partial charge >= 0.3 is 0 Å². The number of hydrogen-bond donors (Lipinski definition) is 1. The van der Waals surface area contributed by atoms with E-state index in [4.69, 9.17) is 11.6 Å². The first-order chi connectivity index (χ1) is 7.24. The highest BCUT2D eigenvalue weighted by atomic mass is 35.5. The van der Waals surface area contributed by atoms with E-state index in [-0.39, 0.29) is 5.91 Å². The molecule has 1 amide bonds. The van der Waals surface area contributed by atoms with E-state index >= 15 is 0 Å². The lowest BCUT2D eigenvalue weighted by atomic mass is 10.1. The van der Waals surface area contributed by atoms with Crippen LogP contribution < -0.4 is 5.32 Å². The number of halogens is 1. The van der Waals surface area contributed by atoms with Gasteiger partial charge in [0.2, 0.25) is 0 Å². The zero-order valence-electron chi connectivity index (χ0n) is 8.61. The fourth-order valence-electron chi connectivity index (χ4n) is 1.08. The highest BCUT2D eigenvalue weighted by Gasteiger charge is 2.07. The monoisotopic (exact) mass is 227 g/mol. The molecule has 15 heavy (non-hydrogen) atoms. The summed E-state index contributed by atoms with van der Waals surface area (Å²) in [5.74, 6) is 0.890. The minimum absolute atomic E-state index is 0.119. The van der Waals surface area contributed by atoms with Gasteiger partial charge in [-0.25, -0.2) is 0 Å². The molecule has 5 heteroatoms. The lowest BCUT2D eigenvalue weighted by Crippen LogP contribution is -2.28. The van der Waals surface area contributed by atoms with Crippen LogP contribution in [-0.2, 0) is 0 Å². The van der Waals surface area contributed by atoms with Crippen molar-refractivity contribution >= 4 is 17.5 Å². The molecule has 1 aromatic rings. The quantitative estimate of drug-likeness (QED) is 0.776. The van der Waals surface area contributed by atoms with Gasteiger partial charge in [-0.05, 0) is 18.4 Å². The second-order valence-corrected chi connectivity index (χ2v) is 3.80. The van der Waals surface area contributed by atoms with E-state index in [1.165, 1.54) is 12.4 Å². The lowest BCUT2D eigenvalue weighted by Gasteiger charge is -2.10. The minimum Gasteiger partial charge on any atom is -0.352 e. The van der Waals surface area contributed by atoms with E-state index in [9.17, 15) is 4.79 Å². The number of aromatic nitrogens is 2. The summed E-state index contributed by atoms with van der Waals surface area (Å²) >= 11 is 5.60. The van der Waals surface area contributed by atoms with Crippen molar-refractivity contribution in [3.63, 3.8) is 0 Å². The van der Waals surface area contributed by atoms with Gasteiger partial charge in [-0.2, -0.15) is 10.2 Å². The fraction of sp³-hybridized carbons (Fsp3) is 0.500. The van der Waals surface area contributed by atoms with E-state index in [1.807, 2.05) is 6.92 Å². The molecular weight excluding hydrogens is 214 g/mol. The van der Waals surface area contributed by atoms with Gasteiger partial charge in [0.05, 0.1) is 18.0 Å². The molecule has 0 bridgehead atoms. The topological polar surface area (TPSA) is 54.9 Å². The number of nitrogens with zero attached hydrogens (tertiary/aromatic N) is 2. The third kappa shape index (κ3) is 4.25. The average molecular weight is 228 g/mol. The first kappa shape index (κ1) is 11.9. The van der Waals surface area contributed by atoms with Crippen LogP contribution in [0.1, 0.15) is 23.7 Å². The SMILES string of the molecule is CC(CCCl)CNC(=O)c1ccnnc1. The van der Waals surface area contributed by atoms with Gasteiger partial charge in [0.15, 0.2) is 0 Å². The molecule has 0 spiro atoms. The number of carbonyl (C=O) groups excluding carboxylic acids is 1. The van der Waals surface area contributed by atoms with Gasteiger partial charge in [-0.3, -0.25) is 4.79 Å². The van der Waals surface area contributed by atoms with Crippen molar-refractivity contribution in [2.24, 2.45) is 5.92 Å². The van der Waals surface area contributed by atoms with Gasteiger partial charge in [-0.15, -0.1) is 11.6 Å². The summed E-state index contributed by atoms with van der Waals surface area (Å²) in [6, 6.07) is 1.63. The molecule has 0 saturated carbocycles. The van der Waals surface area contributed by atoms with Gasteiger partial charge in [0.1, 0.15) is 0 Å². The summed E-state index contributed by atoms with van der Waals surface area (Å²) in [5, 5.41) is 10.1. The Hall–Kier alpha value is -1.16. The highest BCUT2D eigenvalue weighted by Crippen LogP contribution is 2.02. The van der Waals surface area contributed by atoms with Crippen molar-refractivity contribution < 1.29 is 4.79 Å². The van der Waals surface area contributed by atoms with E-state index in [1.54, 1.807) is 6.07 Å². The number of nitrogens with one attached hydrogen (secondary N) is 1. The van der Waals surface area contributed by atoms with Crippen molar-refractivity contribution in [2.75, 3.05) is 12.4 Å². The first-order valence-electron chi connectivity index (χ1n) is 4.85. The van der Waals surface area contributed by atoms with Crippen molar-refractivity contribution in [3.8, 4) is 0 Å². The number of hydrogen-bond acceptors (Lipinski definition) is 3. The molecule has 0 fully saturated rings. The van der Waals surface area contributed by atoms with Crippen LogP contribution in [0.4, 0.5) is 0 Å². The maximum absolute atomic E-state index is 11.5. The summed E-state index contributed by atoms with van der Waals surface area (Å²) in [6.07, 6.45) is 3.84. The standard InChI is InChI=1S/C10H14ClN3O/c1-8(2-4-11)6-12-10(15)9-3-5-13-14-7-9/h3,5,7-8H,2,4,6H2,1H3,(H,12,15). The van der Waals surface area contributed by atoms with Gasteiger partial charge in [0.25, 0.3) is 5.91 Å². The normalized spacial score (nSPS) is 12.1. The van der Waals surface area contributed by atoms with E-state index in [0.717, 1.165) is 6.42 Å². The first-order valence-corrected chi connectivity index (χ1v) is 5.38. The molecule has 0 aliphatic rings. The lowest BCUT2D eigenvalue weighted by molar-refractivity contribution is 0.0947. The predicted molar refractivity (Wildman–Crippen MR) is 58.9 cm³/mol. The minimum atomic E-state index is -0.119. The Bertz CT molecular complexity index is 305. The van der Waals surface area contributed by atoms with Crippen LogP contribution in [0.15, 0.2) is 18.5 Å². The van der Waals surface area contributed by atoms with Crippen LogP contribution in [-0.4, -0.2) is 28.5 Å². The second kappa shape index (κ2) is 6.35. The van der Waals surface area contributed by atoms with Crippen molar-refractivity contribution in [1.82, 2.24) is 15.5 Å². The molecule has 1 atom stereocenters. The molecule has 0 aromatic carbocycles. The molecule has 1 heterocycles. The fourth-order valence-corrected chi connectivity index (χ4v) is 1.45. The van der Waals surface area contributed by atoms with E-state index in [2.05, 4.69) is 15.5 Å². The van der Waals surface area contributed by atoms with Crippen molar-refractivity contribution in [1.29, 1.82) is 0 Å². The summed E-state index contributed by atoms with van der Waals surface area (Å²) in [4.78, 5) is 11.5. The molecule has 82 valence electrons. The summed E-state index contributed by atoms with van der Waals surface area (Å²) in [6.45, 7) is 2.68. The predicted octanol–water partition coefficient (Wildman–Crippen LogP) is 1.47. The van der Waals surface area contributed by atoms with Crippen LogP contribution in [0.5, 0.6) is 0 Å². The Morgan fingerprint density at radius 3 is 3.00 bits per heavy atom. The Labute approximate surface area is 94.0 Å². The number of carbonyl (C=O) groups is 1. The van der Waals surface area contributed by atoms with Crippen LogP contribution in [0.3, 0.4) is 0 Å². The smallest absolute Gasteiger partial charge is 0.252 e. The molecule has 1 rings (SSSR count). The van der Waals surface area contributed by atoms with Crippen molar-refractivity contribution in [2.45, 2.75) is 13.3 Å². The van der Waals surface area contributed by atoms with E-state index < -0.39 is 0 Å². The highest BCUT2D eigenvalue weighted by molar-refractivity contribution is 6.17. The maximum atomic E-state index is 11.5. The molecular formula is C10H14ClN3O. The summed E-state index contributed by atoms with van der Waals surface area (Å²) in [7, 11) is 0. The molecule has 1 aromatic heterocycles. The largest absolute Gasteiger partial charge is 0.352 e. The van der Waals surface area contributed by atoms with Crippen LogP contribution in [0.25, 0.3) is 0 Å². The Balaban J connectivity index is 2.37. The van der Waals surface area contributed by atoms with E-state index in [0.29, 0.717) is 23.9 Å². The number of alkyl halides is 1. The third-order valence-electron chi connectivity index (χ3n) is 2.06.